The zero-order chi connectivity index (χ0) is 12.2. The molecule has 88 valence electrons. The number of carbonyl (C=O) groups is 1. The first kappa shape index (κ1) is 12.5. The normalized spacial score (nSPS) is 11.1. The number of hydrogen-bond donors (Lipinski definition) is 2. The van der Waals surface area contributed by atoms with Crippen LogP contribution in [0.5, 0.6) is 0 Å². The van der Waals surface area contributed by atoms with Gasteiger partial charge in [0.05, 0.1) is 12.1 Å². The highest BCUT2D eigenvalue weighted by Crippen LogP contribution is 2.15. The molecule has 0 bridgehead atoms. The lowest BCUT2D eigenvalue weighted by atomic mass is 10.3. The van der Waals surface area contributed by atoms with Gasteiger partial charge in [0.2, 0.25) is 0 Å². The van der Waals surface area contributed by atoms with Gasteiger partial charge in [0.1, 0.15) is 0 Å². The molecule has 0 aliphatic heterocycles. The van der Waals surface area contributed by atoms with Crippen LogP contribution in [0.4, 0.5) is 5.69 Å². The Kier molecular flexibility index (Phi) is 3.86. The number of para-hydroxylation sites is 1. The fourth-order valence-electron chi connectivity index (χ4n) is 1.19. The summed E-state index contributed by atoms with van der Waals surface area (Å²) in [6.45, 7) is -0.182. The summed E-state index contributed by atoms with van der Waals surface area (Å²) in [4.78, 5) is 10.4. The van der Waals surface area contributed by atoms with Crippen LogP contribution >= 0.6 is 0 Å². The third-order valence-corrected chi connectivity index (χ3v) is 2.89. The topological polar surface area (TPSA) is 101 Å². The molecule has 0 atom stereocenters. The molecule has 0 aliphatic rings. The smallest absolute Gasteiger partial charge is 0.305 e. The summed E-state index contributed by atoms with van der Waals surface area (Å²) in [6, 6.07) is 8.11. The molecule has 0 radical (unpaired) electrons. The minimum atomic E-state index is -3.94. The summed E-state index contributed by atoms with van der Waals surface area (Å²) in [5, 5.41) is 13.5. The van der Waals surface area contributed by atoms with Crippen LogP contribution in [0, 0.1) is 0 Å². The first-order valence-corrected chi connectivity index (χ1v) is 5.99. The summed E-state index contributed by atoms with van der Waals surface area (Å²) >= 11 is 0. The van der Waals surface area contributed by atoms with Gasteiger partial charge in [0.25, 0.3) is 10.2 Å². The van der Waals surface area contributed by atoms with Gasteiger partial charge in [-0.1, -0.05) is 18.2 Å². The zero-order valence-corrected chi connectivity index (χ0v) is 9.22. The number of carboxylic acids is 1. The van der Waals surface area contributed by atoms with E-state index >= 15 is 0 Å². The summed E-state index contributed by atoms with van der Waals surface area (Å²) in [5.74, 6) is -1.08. The van der Waals surface area contributed by atoms with Crippen LogP contribution in [0.15, 0.2) is 30.3 Å². The summed E-state index contributed by atoms with van der Waals surface area (Å²) in [5.41, 5.74) is 0.353. The molecule has 0 amide bonds. The maximum absolute atomic E-state index is 11.3. The van der Waals surface area contributed by atoms with E-state index in [9.17, 15) is 13.2 Å². The molecular formula is C9H12N2O4S. The quantitative estimate of drug-likeness (QED) is 0.771. The van der Waals surface area contributed by atoms with Crippen molar-refractivity contribution >= 4 is 21.9 Å². The Bertz CT molecular complexity index is 458. The van der Waals surface area contributed by atoms with Crippen LogP contribution in [0.1, 0.15) is 6.42 Å². The molecule has 0 saturated heterocycles. The molecule has 1 aromatic rings. The molecule has 0 aromatic heterocycles. The second-order valence-electron chi connectivity index (χ2n) is 3.10. The average Bonchev–Trinajstić information content (AvgIpc) is 2.17. The largest absolute Gasteiger partial charge is 0.481 e. The number of nitrogens with zero attached hydrogens (tertiary/aromatic N) is 1. The van der Waals surface area contributed by atoms with E-state index in [-0.39, 0.29) is 13.0 Å². The zero-order valence-electron chi connectivity index (χ0n) is 8.41. The van der Waals surface area contributed by atoms with Gasteiger partial charge < -0.3 is 5.11 Å². The van der Waals surface area contributed by atoms with E-state index in [1.807, 2.05) is 0 Å². The highest BCUT2D eigenvalue weighted by Gasteiger charge is 2.18. The molecule has 0 heterocycles. The minimum absolute atomic E-state index is 0.182. The first-order valence-electron chi connectivity index (χ1n) is 4.48. The van der Waals surface area contributed by atoms with Crippen LogP contribution in [0.3, 0.4) is 0 Å². The van der Waals surface area contributed by atoms with Gasteiger partial charge in [-0.05, 0) is 12.1 Å². The predicted octanol–water partition coefficient (Wildman–Crippen LogP) is 0.171. The molecule has 0 saturated carbocycles. The van der Waals surface area contributed by atoms with Crippen LogP contribution in [0.25, 0.3) is 0 Å². The fraction of sp³-hybridized carbons (Fsp3) is 0.222. The number of hydrogen-bond acceptors (Lipinski definition) is 3. The number of benzene rings is 1. The molecule has 16 heavy (non-hydrogen) atoms. The minimum Gasteiger partial charge on any atom is -0.481 e. The Balaban J connectivity index is 2.94. The third-order valence-electron chi connectivity index (χ3n) is 1.88. The molecule has 0 aliphatic carbocycles. The van der Waals surface area contributed by atoms with Gasteiger partial charge >= 0.3 is 5.97 Å². The van der Waals surface area contributed by atoms with Crippen molar-refractivity contribution in [1.29, 1.82) is 0 Å². The molecule has 0 unspecified atom stereocenters. The van der Waals surface area contributed by atoms with Crippen molar-refractivity contribution in [1.82, 2.24) is 0 Å². The van der Waals surface area contributed by atoms with E-state index in [1.54, 1.807) is 30.3 Å². The maximum atomic E-state index is 11.3. The lowest BCUT2D eigenvalue weighted by molar-refractivity contribution is -0.136. The van der Waals surface area contributed by atoms with E-state index in [0.29, 0.717) is 5.69 Å². The Morgan fingerprint density at radius 3 is 2.31 bits per heavy atom. The maximum Gasteiger partial charge on any atom is 0.305 e. The molecule has 1 aromatic carbocycles. The van der Waals surface area contributed by atoms with Gasteiger partial charge in [-0.25, -0.2) is 5.14 Å². The van der Waals surface area contributed by atoms with Crippen molar-refractivity contribution in [2.45, 2.75) is 6.42 Å². The van der Waals surface area contributed by atoms with Crippen molar-refractivity contribution in [2.24, 2.45) is 5.14 Å². The van der Waals surface area contributed by atoms with Gasteiger partial charge in [-0.15, -0.1) is 0 Å². The van der Waals surface area contributed by atoms with Crippen LogP contribution in [-0.4, -0.2) is 26.0 Å². The Morgan fingerprint density at radius 1 is 1.31 bits per heavy atom. The van der Waals surface area contributed by atoms with E-state index in [2.05, 4.69) is 0 Å². The van der Waals surface area contributed by atoms with E-state index in [0.717, 1.165) is 4.31 Å². The van der Waals surface area contributed by atoms with E-state index in [1.165, 1.54) is 0 Å². The number of nitrogens with two attached hydrogens (primary N) is 1. The third kappa shape index (κ3) is 3.52. The molecule has 0 spiro atoms. The summed E-state index contributed by atoms with van der Waals surface area (Å²) in [6.07, 6.45) is -0.300. The van der Waals surface area contributed by atoms with Crippen LogP contribution in [-0.2, 0) is 15.0 Å². The SMILES string of the molecule is NS(=O)(=O)N(CCC(=O)O)c1ccccc1. The van der Waals surface area contributed by atoms with Crippen molar-refractivity contribution in [2.75, 3.05) is 10.8 Å². The summed E-state index contributed by atoms with van der Waals surface area (Å²) in [7, 11) is -3.94. The molecule has 0 fully saturated rings. The standard InChI is InChI=1S/C9H12N2O4S/c10-16(14,15)11(7-6-9(12)13)8-4-2-1-3-5-8/h1-5H,6-7H2,(H,12,13)(H2,10,14,15). The van der Waals surface area contributed by atoms with Crippen LogP contribution in [0.2, 0.25) is 0 Å². The summed E-state index contributed by atoms with van der Waals surface area (Å²) < 4.78 is 23.4. The Labute approximate surface area is 93.5 Å². The molecule has 6 nitrogen and oxygen atoms in total. The monoisotopic (exact) mass is 244 g/mol. The molecule has 7 heteroatoms. The van der Waals surface area contributed by atoms with Crippen molar-refractivity contribution in [3.8, 4) is 0 Å². The molecular weight excluding hydrogens is 232 g/mol. The van der Waals surface area contributed by atoms with Gasteiger partial charge in [0.15, 0.2) is 0 Å². The molecule has 3 N–H and O–H groups in total. The average molecular weight is 244 g/mol. The van der Waals surface area contributed by atoms with Crippen molar-refractivity contribution in [3.05, 3.63) is 30.3 Å². The molecule has 1 rings (SSSR count). The second-order valence-corrected chi connectivity index (χ2v) is 4.57. The first-order chi connectivity index (χ1) is 7.41. The van der Waals surface area contributed by atoms with Gasteiger partial charge in [0, 0.05) is 6.54 Å². The van der Waals surface area contributed by atoms with E-state index in [4.69, 9.17) is 10.2 Å². The number of aliphatic carboxylic acids is 1. The van der Waals surface area contributed by atoms with E-state index < -0.39 is 16.2 Å². The predicted molar refractivity (Wildman–Crippen MR) is 59.1 cm³/mol. The Morgan fingerprint density at radius 2 is 1.88 bits per heavy atom. The Hall–Kier alpha value is -1.60. The van der Waals surface area contributed by atoms with Gasteiger partial charge in [-0.2, -0.15) is 8.42 Å². The number of anilines is 1. The van der Waals surface area contributed by atoms with Crippen LogP contribution < -0.4 is 9.44 Å². The highest BCUT2D eigenvalue weighted by atomic mass is 32.2. The lowest BCUT2D eigenvalue weighted by Crippen LogP contribution is -2.38. The lowest BCUT2D eigenvalue weighted by Gasteiger charge is -2.20. The van der Waals surface area contributed by atoms with Crippen molar-refractivity contribution in [3.63, 3.8) is 0 Å². The van der Waals surface area contributed by atoms with Gasteiger partial charge in [-0.3, -0.25) is 9.10 Å². The second kappa shape index (κ2) is 4.95. The fourth-order valence-corrected chi connectivity index (χ4v) is 1.96. The highest BCUT2D eigenvalue weighted by molar-refractivity contribution is 7.90. The van der Waals surface area contributed by atoms with Crippen molar-refractivity contribution < 1.29 is 18.3 Å². The number of carboxylic acid groups (broad SMARTS) is 1. The number of rotatable bonds is 5.